The van der Waals surface area contributed by atoms with Crippen LogP contribution < -0.4 is 5.32 Å². The highest BCUT2D eigenvalue weighted by Gasteiger charge is 2.42. The minimum absolute atomic E-state index is 0.0987. The largest absolute Gasteiger partial charge is 0.389 e. The average molecular weight is 1670 g/mol. The minimum Gasteiger partial charge on any atom is -0.389 e. The summed E-state index contributed by atoms with van der Waals surface area (Å²) in [5.74, 6) is 8.05. The van der Waals surface area contributed by atoms with Crippen molar-refractivity contribution in [1.82, 2.24) is 69.0 Å². The van der Waals surface area contributed by atoms with E-state index in [0.717, 1.165) is 191 Å². The lowest BCUT2D eigenvalue weighted by Gasteiger charge is -2.36. The van der Waals surface area contributed by atoms with Crippen molar-refractivity contribution in [3.63, 3.8) is 0 Å². The van der Waals surface area contributed by atoms with Gasteiger partial charge in [-0.05, 0) is 204 Å². The molecule has 2 amide bonds. The van der Waals surface area contributed by atoms with Crippen molar-refractivity contribution in [1.29, 1.82) is 0 Å². The standard InChI is InChI=1S/C12H26N2O.C11H22N2O.C11H22N2.C10H20N2O.C10H22N2.C10H19NO.C9H19NO3.C9H19NO2S.C9H19NO/c1-11(2)5-6-14-7-8-15-12(10-14)9-13(3)4;1-10(2)4-5-12-6-8-13(9-7-12)11(3)14;1-9(2)4-5-13-8-10-6-11(13)7-12(10)3;1-9(2)4-5-12-7-6-11(3)10(13)8-12;1-10(2)4-5-12-8-6-11(3)7-9-12;1-8(2)3-4-11-6-10-5-9(11)7-12-10;1-5(2)3-6-8(12)9(13)7(11)4-10-6;1-9(2)3-4-10-5-7-13(11,12)8-6-10;1-9(2)3-4-10-5-7-11-8-6-10/h11-12H,5-10H2,1-4H3;10H,4-9H2,1-3H3;9-11H,4-8H2,1-3H3;9H,4-8H2,1-3H3;10H,4-9H2,1-3H3;8-10H,3-7H2,1-2H3;5-13H,3-4H2,1-2H3;9H,3-8H2,1-2H3;9H,3-8H2,1-2H3/t;;;;;9-,10-;6-,7+,8-,9-;;/m.....01../s1. The molecule has 0 saturated carbocycles. The third-order valence-corrected chi connectivity index (χ3v) is 26.1. The molecule has 25 heteroatoms. The Hall–Kier alpha value is -1.83. The number of likely N-dealkylation sites (N-methyl/N-ethyl adjacent to an activating group) is 4. The highest BCUT2D eigenvalue weighted by molar-refractivity contribution is 7.91. The van der Waals surface area contributed by atoms with E-state index in [0.29, 0.717) is 48.6 Å². The van der Waals surface area contributed by atoms with E-state index < -0.39 is 28.1 Å². The Morgan fingerprint density at radius 2 is 0.897 bits per heavy atom. The Balaban J connectivity index is 0.000000338. The summed E-state index contributed by atoms with van der Waals surface area (Å²) < 4.78 is 38.8. The molecule has 9 atom stereocenters. The summed E-state index contributed by atoms with van der Waals surface area (Å²) >= 11 is 0. The first-order chi connectivity index (χ1) is 54.7. The van der Waals surface area contributed by atoms with Crippen LogP contribution in [0.1, 0.15) is 202 Å². The minimum atomic E-state index is -2.70. The molecule has 11 aliphatic rings. The van der Waals surface area contributed by atoms with E-state index in [1.54, 1.807) is 6.92 Å². The van der Waals surface area contributed by atoms with Crippen molar-refractivity contribution >= 4 is 21.7 Å². The van der Waals surface area contributed by atoms with Crippen molar-refractivity contribution < 1.29 is 47.5 Å². The van der Waals surface area contributed by atoms with Crippen LogP contribution in [0, 0.1) is 53.3 Å². The van der Waals surface area contributed by atoms with Gasteiger partial charge in [-0.25, -0.2) is 8.42 Å². The number of ether oxygens (including phenoxy) is 3. The van der Waals surface area contributed by atoms with Gasteiger partial charge in [-0.15, -0.1) is 0 Å². The van der Waals surface area contributed by atoms with Gasteiger partial charge in [-0.2, -0.15) is 0 Å². The number of likely N-dealkylation sites (tertiary alicyclic amines) is 3. The van der Waals surface area contributed by atoms with Gasteiger partial charge in [-0.1, -0.05) is 125 Å². The number of amides is 2. The van der Waals surface area contributed by atoms with E-state index >= 15 is 0 Å². The lowest BCUT2D eigenvalue weighted by Crippen LogP contribution is -2.59. The molecule has 688 valence electrons. The molecule has 11 fully saturated rings. The number of nitrogens with one attached hydrogen (secondary N) is 1. The van der Waals surface area contributed by atoms with Gasteiger partial charge >= 0.3 is 0 Å². The number of hydrogen-bond acceptors (Lipinski definition) is 22. The second kappa shape index (κ2) is 59.9. The lowest BCUT2D eigenvalue weighted by atomic mass is 9.90. The fraction of sp³-hybridized carbons (Fsp3) is 0.978. The number of carbonyl (C=O) groups is 2. The summed E-state index contributed by atoms with van der Waals surface area (Å²) in [6.45, 7) is 78.2. The molecular weight excluding hydrogens is 1480 g/mol. The third kappa shape index (κ3) is 49.6. The van der Waals surface area contributed by atoms with Crippen LogP contribution in [0.5, 0.6) is 0 Å². The van der Waals surface area contributed by atoms with Gasteiger partial charge in [0.15, 0.2) is 9.84 Å². The molecule has 11 rings (SSSR count). The predicted octanol–water partition coefficient (Wildman–Crippen LogP) is 8.72. The zero-order valence-electron chi connectivity index (χ0n) is 79.5. The number of sulfone groups is 1. The van der Waals surface area contributed by atoms with Gasteiger partial charge in [0, 0.05) is 176 Å². The van der Waals surface area contributed by atoms with Crippen molar-refractivity contribution in [3.05, 3.63) is 0 Å². The van der Waals surface area contributed by atoms with Gasteiger partial charge in [0.2, 0.25) is 11.8 Å². The topological polar surface area (TPSA) is 211 Å². The zero-order chi connectivity index (χ0) is 86.6. The first kappa shape index (κ1) is 108. The van der Waals surface area contributed by atoms with Crippen LogP contribution >= 0.6 is 0 Å². The molecule has 0 aliphatic carbocycles. The Morgan fingerprint density at radius 3 is 1.31 bits per heavy atom. The number of β-amino-alcohol motifs (C(OH)–C–C–N with tert-alkyl or cyclic N) is 1. The van der Waals surface area contributed by atoms with E-state index in [9.17, 15) is 33.3 Å². The van der Waals surface area contributed by atoms with Crippen LogP contribution in [0.2, 0.25) is 0 Å². The second-order valence-electron chi connectivity index (χ2n) is 40.1. The maximum Gasteiger partial charge on any atom is 0.236 e. The van der Waals surface area contributed by atoms with E-state index in [4.69, 9.17) is 14.2 Å². The normalized spacial score (nSPS) is 26.7. The summed E-state index contributed by atoms with van der Waals surface area (Å²) in [5.41, 5.74) is 0. The molecule has 0 radical (unpaired) electrons. The summed E-state index contributed by atoms with van der Waals surface area (Å²) in [4.78, 5) is 53.2. The van der Waals surface area contributed by atoms with Crippen LogP contribution in [-0.4, -0.2) is 423 Å². The molecule has 3 unspecified atom stereocenters. The number of aliphatic hydroxyl groups is 3. The lowest BCUT2D eigenvalue weighted by molar-refractivity contribution is -0.134. The number of piperazine rings is 4. The molecule has 4 bridgehead atoms. The van der Waals surface area contributed by atoms with Gasteiger partial charge in [0.05, 0.1) is 68.9 Å². The number of aliphatic hydroxyl groups excluding tert-OH is 3. The van der Waals surface area contributed by atoms with Crippen molar-refractivity contribution in [3.8, 4) is 0 Å². The van der Waals surface area contributed by atoms with Crippen molar-refractivity contribution in [2.45, 2.75) is 257 Å². The van der Waals surface area contributed by atoms with E-state index in [1.165, 1.54) is 149 Å². The fourth-order valence-electron chi connectivity index (χ4n) is 15.8. The maximum atomic E-state index is 11.3. The van der Waals surface area contributed by atoms with Gasteiger partial charge in [-0.3, -0.25) is 39.0 Å². The van der Waals surface area contributed by atoms with Crippen LogP contribution in [0.25, 0.3) is 0 Å². The Morgan fingerprint density at radius 1 is 0.466 bits per heavy atom. The Labute approximate surface area is 714 Å². The van der Waals surface area contributed by atoms with Crippen LogP contribution in [0.3, 0.4) is 0 Å². The van der Waals surface area contributed by atoms with Gasteiger partial charge in [0.1, 0.15) is 6.10 Å². The van der Waals surface area contributed by atoms with E-state index in [-0.39, 0.29) is 17.9 Å². The van der Waals surface area contributed by atoms with Crippen LogP contribution in [0.4, 0.5) is 0 Å². The first-order valence-corrected chi connectivity index (χ1v) is 48.6. The molecule has 0 aromatic rings. The van der Waals surface area contributed by atoms with E-state index in [1.807, 2.05) is 16.8 Å². The quantitative estimate of drug-likeness (QED) is 0.0577. The molecule has 4 N–H and O–H groups in total. The van der Waals surface area contributed by atoms with Crippen molar-refractivity contribution in [2.75, 3.05) is 270 Å². The number of nitrogens with zero attached hydrogens (tertiary/aromatic N) is 13. The predicted molar refractivity (Wildman–Crippen MR) is 485 cm³/mol. The SMILES string of the molecule is CC(=O)N1CCN(CCC(C)C)CC1.CC(C)CCN1CC2CC1CN2C.CC(C)CCN1CCN(C)C(=O)C1.CC(C)CCN1CCN(C)CC1.CC(C)CCN1CCOC(CN(C)C)C1.CC(C)CCN1CCOCC1.CC(C)CCN1CCS(=O)(=O)CC1.CC(C)CCN1C[C@@H]2C[C@H]1CO2.CC(C)C[C@H]1NC[C@H](O)[C@@H](O)[C@@H]1O. The van der Waals surface area contributed by atoms with Crippen LogP contribution in [0.15, 0.2) is 0 Å². The highest BCUT2D eigenvalue weighted by atomic mass is 32.2. The van der Waals surface area contributed by atoms with Gasteiger partial charge in [0.25, 0.3) is 0 Å². The number of morpholine rings is 3. The maximum absolute atomic E-state index is 11.3. The molecule has 11 heterocycles. The molecule has 0 spiro atoms. The number of rotatable bonds is 28. The Kier molecular flexibility index (Phi) is 56.0. The monoisotopic (exact) mass is 1670 g/mol. The summed E-state index contributed by atoms with van der Waals surface area (Å²) in [6.07, 6.45) is 12.1. The third-order valence-electron chi connectivity index (χ3n) is 24.5. The number of carbonyl (C=O) groups excluding carboxylic acids is 2. The molecule has 0 aromatic carbocycles. The Bertz CT molecular complexity index is 2560. The first-order valence-electron chi connectivity index (χ1n) is 46.8. The number of piperidine rings is 1. The zero-order valence-corrected chi connectivity index (χ0v) is 80.4. The fourth-order valence-corrected chi connectivity index (χ4v) is 17.1. The summed E-state index contributed by atoms with van der Waals surface area (Å²) in [5, 5.41) is 31.2. The molecular formula is C91H188N14O10S. The smallest absolute Gasteiger partial charge is 0.236 e. The molecule has 0 aromatic heterocycles. The van der Waals surface area contributed by atoms with Crippen molar-refractivity contribution in [2.24, 2.45) is 53.3 Å². The molecule has 11 aliphatic heterocycles. The molecule has 116 heavy (non-hydrogen) atoms. The number of fused-ring (bicyclic) bond motifs is 4. The van der Waals surface area contributed by atoms with Crippen LogP contribution in [-0.2, 0) is 33.6 Å². The summed E-state index contributed by atoms with van der Waals surface area (Å²) in [6, 6.07) is 2.41. The van der Waals surface area contributed by atoms with E-state index in [2.05, 4.69) is 212 Å². The average Bonchev–Trinajstić information content (AvgIpc) is 1.64. The molecule has 24 nitrogen and oxygen atoms in total. The second-order valence-corrected chi connectivity index (χ2v) is 42.4. The molecule has 11 saturated heterocycles. The summed E-state index contributed by atoms with van der Waals surface area (Å²) in [7, 11) is 7.87. The highest BCUT2D eigenvalue weighted by Crippen LogP contribution is 2.30. The number of hydrogen-bond donors (Lipinski definition) is 4. The van der Waals surface area contributed by atoms with Gasteiger partial charge < -0.3 is 69.1 Å².